The molecule has 0 aliphatic rings. The van der Waals surface area contributed by atoms with Crippen molar-refractivity contribution in [1.82, 2.24) is 0 Å². The second kappa shape index (κ2) is 7.45. The van der Waals surface area contributed by atoms with Gasteiger partial charge in [0.2, 0.25) is 15.9 Å². The molecule has 2 rings (SSSR count). The highest BCUT2D eigenvalue weighted by molar-refractivity contribution is 7.92. The van der Waals surface area contributed by atoms with E-state index in [9.17, 15) is 13.2 Å². The van der Waals surface area contributed by atoms with Crippen LogP contribution in [0.3, 0.4) is 0 Å². The minimum atomic E-state index is -3.65. The molecule has 25 heavy (non-hydrogen) atoms. The standard InChI is InChI=1S/C18H21ClN2O3S/c1-12-5-10-17(13(2)11-12)20-18(22)14(3)21(25(4,23)24)16-8-6-15(19)7-9-16/h5-11,14H,1-4H3,(H,20,22)/t14-/m0/s1. The zero-order valence-corrected chi connectivity index (χ0v) is 16.1. The number of aryl methyl sites for hydroxylation is 2. The first-order valence-corrected chi connectivity index (χ1v) is 9.95. The van der Waals surface area contributed by atoms with E-state index in [1.165, 1.54) is 0 Å². The molecule has 0 spiro atoms. The van der Waals surface area contributed by atoms with Crippen LogP contribution in [0.1, 0.15) is 18.1 Å². The number of nitrogens with one attached hydrogen (secondary N) is 1. The summed E-state index contributed by atoms with van der Waals surface area (Å²) < 4.78 is 25.6. The summed E-state index contributed by atoms with van der Waals surface area (Å²) in [4.78, 5) is 12.6. The highest BCUT2D eigenvalue weighted by Gasteiger charge is 2.29. The largest absolute Gasteiger partial charge is 0.324 e. The molecule has 0 saturated heterocycles. The molecule has 0 aliphatic carbocycles. The Morgan fingerprint density at radius 2 is 1.72 bits per heavy atom. The van der Waals surface area contributed by atoms with Gasteiger partial charge >= 0.3 is 0 Å². The Kier molecular flexibility index (Phi) is 5.75. The molecule has 0 heterocycles. The minimum absolute atomic E-state index is 0.384. The van der Waals surface area contributed by atoms with Crippen LogP contribution < -0.4 is 9.62 Å². The third kappa shape index (κ3) is 4.74. The van der Waals surface area contributed by atoms with E-state index in [4.69, 9.17) is 11.6 Å². The highest BCUT2D eigenvalue weighted by Crippen LogP contribution is 2.24. The lowest BCUT2D eigenvalue weighted by Gasteiger charge is -2.28. The third-order valence-electron chi connectivity index (χ3n) is 3.81. The number of anilines is 2. The molecular formula is C18H21ClN2O3S. The summed E-state index contributed by atoms with van der Waals surface area (Å²) in [6.07, 6.45) is 1.07. The Morgan fingerprint density at radius 1 is 1.12 bits per heavy atom. The van der Waals surface area contributed by atoms with Gasteiger partial charge in [-0.25, -0.2) is 8.42 Å². The first kappa shape index (κ1) is 19.3. The summed E-state index contributed by atoms with van der Waals surface area (Å²) in [5.74, 6) is -0.410. The molecule has 0 saturated carbocycles. The van der Waals surface area contributed by atoms with Gasteiger partial charge < -0.3 is 5.32 Å². The Morgan fingerprint density at radius 3 is 2.24 bits per heavy atom. The van der Waals surface area contributed by atoms with Gasteiger partial charge in [0.05, 0.1) is 11.9 Å². The average molecular weight is 381 g/mol. The maximum atomic E-state index is 12.6. The zero-order valence-electron chi connectivity index (χ0n) is 14.6. The van der Waals surface area contributed by atoms with E-state index in [0.29, 0.717) is 16.4 Å². The van der Waals surface area contributed by atoms with Gasteiger partial charge in [0.1, 0.15) is 6.04 Å². The van der Waals surface area contributed by atoms with Gasteiger partial charge in [0, 0.05) is 10.7 Å². The molecule has 0 unspecified atom stereocenters. The smallest absolute Gasteiger partial charge is 0.248 e. The number of rotatable bonds is 5. The first-order valence-electron chi connectivity index (χ1n) is 7.72. The summed E-state index contributed by atoms with van der Waals surface area (Å²) in [6.45, 7) is 5.41. The minimum Gasteiger partial charge on any atom is -0.324 e. The fourth-order valence-corrected chi connectivity index (χ4v) is 3.89. The monoisotopic (exact) mass is 380 g/mol. The first-order chi connectivity index (χ1) is 11.6. The van der Waals surface area contributed by atoms with Crippen LogP contribution in [0, 0.1) is 13.8 Å². The fourth-order valence-electron chi connectivity index (χ4n) is 2.59. The maximum absolute atomic E-state index is 12.6. The van der Waals surface area contributed by atoms with E-state index < -0.39 is 22.0 Å². The molecule has 0 radical (unpaired) electrons. The van der Waals surface area contributed by atoms with Crippen LogP contribution in [0.5, 0.6) is 0 Å². The molecule has 0 fully saturated rings. The van der Waals surface area contributed by atoms with Crippen LogP contribution in [-0.4, -0.2) is 26.6 Å². The predicted molar refractivity (Wildman–Crippen MR) is 103 cm³/mol. The molecule has 2 aromatic rings. The van der Waals surface area contributed by atoms with Crippen LogP contribution in [0.2, 0.25) is 5.02 Å². The Labute approximate surface area is 153 Å². The second-order valence-corrected chi connectivity index (χ2v) is 8.31. The van der Waals surface area contributed by atoms with Crippen molar-refractivity contribution < 1.29 is 13.2 Å². The van der Waals surface area contributed by atoms with Crippen molar-refractivity contribution in [3.05, 3.63) is 58.6 Å². The Hall–Kier alpha value is -2.05. The quantitative estimate of drug-likeness (QED) is 0.858. The number of nitrogens with zero attached hydrogens (tertiary/aromatic N) is 1. The second-order valence-electron chi connectivity index (χ2n) is 6.02. The van der Waals surface area contributed by atoms with Crippen LogP contribution in [0.15, 0.2) is 42.5 Å². The van der Waals surface area contributed by atoms with Gasteiger partial charge in [-0.15, -0.1) is 0 Å². The number of amides is 1. The molecule has 7 heteroatoms. The van der Waals surface area contributed by atoms with Crippen LogP contribution in [0.25, 0.3) is 0 Å². The van der Waals surface area contributed by atoms with Crippen LogP contribution in [-0.2, 0) is 14.8 Å². The summed E-state index contributed by atoms with van der Waals surface area (Å²) >= 11 is 5.86. The number of benzene rings is 2. The number of hydrogen-bond donors (Lipinski definition) is 1. The topological polar surface area (TPSA) is 66.5 Å². The van der Waals surface area contributed by atoms with Gasteiger partial charge in [-0.1, -0.05) is 29.3 Å². The van der Waals surface area contributed by atoms with Gasteiger partial charge in [-0.3, -0.25) is 9.10 Å². The Balaban J connectivity index is 2.31. The van der Waals surface area contributed by atoms with E-state index in [-0.39, 0.29) is 0 Å². The number of carbonyl (C=O) groups excluding carboxylic acids is 1. The van der Waals surface area contributed by atoms with E-state index in [0.717, 1.165) is 21.7 Å². The molecule has 1 atom stereocenters. The van der Waals surface area contributed by atoms with Gasteiger partial charge in [0.25, 0.3) is 0 Å². The van der Waals surface area contributed by atoms with E-state index in [2.05, 4.69) is 5.32 Å². The van der Waals surface area contributed by atoms with Gasteiger partial charge in [-0.2, -0.15) is 0 Å². The van der Waals surface area contributed by atoms with Crippen molar-refractivity contribution in [2.24, 2.45) is 0 Å². The molecule has 0 aromatic heterocycles. The lowest BCUT2D eigenvalue weighted by molar-refractivity contribution is -0.116. The lowest BCUT2D eigenvalue weighted by Crippen LogP contribution is -2.45. The highest BCUT2D eigenvalue weighted by atomic mass is 35.5. The number of halogens is 1. The maximum Gasteiger partial charge on any atom is 0.248 e. The normalized spacial score (nSPS) is 12.5. The van der Waals surface area contributed by atoms with Gasteiger partial charge in [-0.05, 0) is 56.7 Å². The molecule has 134 valence electrons. The molecule has 1 N–H and O–H groups in total. The van der Waals surface area contributed by atoms with Crippen molar-refractivity contribution in [2.45, 2.75) is 26.8 Å². The number of hydrogen-bond acceptors (Lipinski definition) is 3. The lowest BCUT2D eigenvalue weighted by atomic mass is 10.1. The summed E-state index contributed by atoms with van der Waals surface area (Å²) in [7, 11) is -3.65. The SMILES string of the molecule is Cc1ccc(NC(=O)[C@H](C)N(c2ccc(Cl)cc2)S(C)(=O)=O)c(C)c1. The van der Waals surface area contributed by atoms with Crippen molar-refractivity contribution in [2.75, 3.05) is 15.9 Å². The van der Waals surface area contributed by atoms with Crippen molar-refractivity contribution in [1.29, 1.82) is 0 Å². The molecule has 1 amide bonds. The fraction of sp³-hybridized carbons (Fsp3) is 0.278. The molecule has 0 aliphatic heterocycles. The number of carbonyl (C=O) groups is 1. The van der Waals surface area contributed by atoms with Crippen molar-refractivity contribution in [3.63, 3.8) is 0 Å². The van der Waals surface area contributed by atoms with Crippen LogP contribution in [0.4, 0.5) is 11.4 Å². The summed E-state index contributed by atoms with van der Waals surface area (Å²) in [5.41, 5.74) is 3.04. The number of sulfonamides is 1. The van der Waals surface area contributed by atoms with E-state index in [1.807, 2.05) is 32.0 Å². The van der Waals surface area contributed by atoms with E-state index in [1.54, 1.807) is 31.2 Å². The molecular weight excluding hydrogens is 360 g/mol. The summed E-state index contributed by atoms with van der Waals surface area (Å²) in [6, 6.07) is 11.1. The molecule has 0 bridgehead atoms. The zero-order chi connectivity index (χ0) is 18.8. The molecule has 5 nitrogen and oxygen atoms in total. The van der Waals surface area contributed by atoms with Gasteiger partial charge in [0.15, 0.2) is 0 Å². The summed E-state index contributed by atoms with van der Waals surface area (Å²) in [5, 5.41) is 3.29. The van der Waals surface area contributed by atoms with E-state index >= 15 is 0 Å². The third-order valence-corrected chi connectivity index (χ3v) is 5.30. The van der Waals surface area contributed by atoms with Crippen molar-refractivity contribution >= 4 is 38.9 Å². The predicted octanol–water partition coefficient (Wildman–Crippen LogP) is 3.75. The Bertz CT molecular complexity index is 880. The van der Waals surface area contributed by atoms with Crippen molar-refractivity contribution in [3.8, 4) is 0 Å². The molecule has 2 aromatic carbocycles. The van der Waals surface area contributed by atoms with Crippen LogP contribution >= 0.6 is 11.6 Å². The average Bonchev–Trinajstić information content (AvgIpc) is 2.50.